The highest BCUT2D eigenvalue weighted by atomic mass is 19.1. The Morgan fingerprint density at radius 3 is 2.41 bits per heavy atom. The first-order chi connectivity index (χ1) is 7.63. The molecule has 0 aliphatic rings. The lowest BCUT2D eigenvalue weighted by atomic mass is 9.86. The minimum Gasteiger partial charge on any atom is -0.388 e. The van der Waals surface area contributed by atoms with Gasteiger partial charge in [-0.3, -0.25) is 9.78 Å². The van der Waals surface area contributed by atoms with Crippen LogP contribution in [0.2, 0.25) is 0 Å². The number of rotatable bonds is 3. The van der Waals surface area contributed by atoms with Gasteiger partial charge in [0.15, 0.2) is 0 Å². The maximum absolute atomic E-state index is 12.9. The molecule has 0 saturated heterocycles. The molecular weight excluding hydrogens is 223 g/mol. The predicted molar refractivity (Wildman–Crippen MR) is 62.0 cm³/mol. The molecule has 4 nitrogen and oxygen atoms in total. The number of pyridine rings is 1. The number of carbonyl (C=O) groups is 1. The molecule has 0 radical (unpaired) electrons. The second-order valence-corrected chi connectivity index (χ2v) is 5.03. The molecule has 1 rings (SSSR count). The normalized spacial score (nSPS) is 12.4. The lowest BCUT2D eigenvalue weighted by molar-refractivity contribution is -0.00294. The molecule has 0 fully saturated rings. The Labute approximate surface area is 99.9 Å². The fraction of sp³-hybridized carbons (Fsp3) is 0.500. The van der Waals surface area contributed by atoms with E-state index in [1.54, 1.807) is 27.7 Å². The van der Waals surface area contributed by atoms with Gasteiger partial charge >= 0.3 is 0 Å². The molecule has 1 aromatic heterocycles. The minimum atomic E-state index is -1.09. The largest absolute Gasteiger partial charge is 0.388 e. The van der Waals surface area contributed by atoms with Crippen LogP contribution in [0.25, 0.3) is 0 Å². The molecule has 0 aliphatic heterocycles. The SMILES string of the molecule is CC(C)(O)C(C)(C)NC(=O)c1cncc(F)c1. The Balaban J connectivity index is 2.87. The van der Waals surface area contributed by atoms with Crippen molar-refractivity contribution in [2.75, 3.05) is 0 Å². The molecule has 2 N–H and O–H groups in total. The summed E-state index contributed by atoms with van der Waals surface area (Å²) in [5.41, 5.74) is -1.80. The molecule has 17 heavy (non-hydrogen) atoms. The van der Waals surface area contributed by atoms with Crippen LogP contribution in [0.5, 0.6) is 0 Å². The maximum atomic E-state index is 12.9. The Bertz CT molecular complexity index is 425. The summed E-state index contributed by atoms with van der Waals surface area (Å²) >= 11 is 0. The van der Waals surface area contributed by atoms with Gasteiger partial charge < -0.3 is 10.4 Å². The molecule has 0 aromatic carbocycles. The third-order valence-electron chi connectivity index (χ3n) is 2.92. The van der Waals surface area contributed by atoms with E-state index in [9.17, 15) is 14.3 Å². The summed E-state index contributed by atoms with van der Waals surface area (Å²) in [5.74, 6) is -1.04. The topological polar surface area (TPSA) is 62.2 Å². The van der Waals surface area contributed by atoms with Crippen LogP contribution in [0.1, 0.15) is 38.1 Å². The summed E-state index contributed by atoms with van der Waals surface area (Å²) in [6, 6.07) is 1.10. The highest BCUT2D eigenvalue weighted by Gasteiger charge is 2.36. The molecule has 1 aromatic rings. The maximum Gasteiger partial charge on any atom is 0.253 e. The summed E-state index contributed by atoms with van der Waals surface area (Å²) in [6.45, 7) is 6.57. The van der Waals surface area contributed by atoms with Crippen molar-refractivity contribution in [3.8, 4) is 0 Å². The van der Waals surface area contributed by atoms with Crippen LogP contribution in [0.15, 0.2) is 18.5 Å². The molecule has 0 bridgehead atoms. The van der Waals surface area contributed by atoms with Gasteiger partial charge in [-0.1, -0.05) is 0 Å². The average Bonchev–Trinajstić information content (AvgIpc) is 2.15. The van der Waals surface area contributed by atoms with Crippen molar-refractivity contribution in [3.05, 3.63) is 29.8 Å². The van der Waals surface area contributed by atoms with Crippen molar-refractivity contribution in [1.29, 1.82) is 0 Å². The van der Waals surface area contributed by atoms with E-state index in [4.69, 9.17) is 0 Å². The summed E-state index contributed by atoms with van der Waals surface area (Å²) in [5, 5.41) is 12.5. The number of aliphatic hydroxyl groups is 1. The Hall–Kier alpha value is -1.49. The van der Waals surface area contributed by atoms with E-state index < -0.39 is 22.9 Å². The molecular formula is C12H17FN2O2. The van der Waals surface area contributed by atoms with Crippen molar-refractivity contribution in [3.63, 3.8) is 0 Å². The highest BCUT2D eigenvalue weighted by Crippen LogP contribution is 2.21. The summed E-state index contributed by atoms with van der Waals surface area (Å²) in [4.78, 5) is 15.4. The molecule has 0 unspecified atom stereocenters. The molecule has 94 valence electrons. The van der Waals surface area contributed by atoms with Gasteiger partial charge in [-0.2, -0.15) is 0 Å². The van der Waals surface area contributed by atoms with Crippen molar-refractivity contribution in [2.45, 2.75) is 38.8 Å². The van der Waals surface area contributed by atoms with Crippen LogP contribution in [-0.4, -0.2) is 27.1 Å². The first kappa shape index (κ1) is 13.6. The fourth-order valence-corrected chi connectivity index (χ4v) is 1.04. The second kappa shape index (κ2) is 4.41. The van der Waals surface area contributed by atoms with Gasteiger partial charge in [0, 0.05) is 6.20 Å². The van der Waals surface area contributed by atoms with Crippen LogP contribution >= 0.6 is 0 Å². The van der Waals surface area contributed by atoms with Crippen molar-refractivity contribution in [2.24, 2.45) is 0 Å². The van der Waals surface area contributed by atoms with E-state index in [0.29, 0.717) is 0 Å². The first-order valence-corrected chi connectivity index (χ1v) is 5.29. The lowest BCUT2D eigenvalue weighted by Crippen LogP contribution is -2.57. The minimum absolute atomic E-state index is 0.127. The van der Waals surface area contributed by atoms with Crippen LogP contribution in [0.4, 0.5) is 4.39 Å². The molecule has 5 heteroatoms. The fourth-order valence-electron chi connectivity index (χ4n) is 1.04. The molecule has 0 aliphatic carbocycles. The van der Waals surface area contributed by atoms with Crippen LogP contribution in [-0.2, 0) is 0 Å². The number of carbonyl (C=O) groups excluding carboxylic acids is 1. The van der Waals surface area contributed by atoms with Crippen LogP contribution in [0, 0.1) is 5.82 Å². The standard InChI is InChI=1S/C12H17FN2O2/c1-11(2,12(3,4)17)15-10(16)8-5-9(13)7-14-6-8/h5-7,17H,1-4H3,(H,15,16). The van der Waals surface area contributed by atoms with Crippen molar-refractivity contribution in [1.82, 2.24) is 10.3 Å². The first-order valence-electron chi connectivity index (χ1n) is 5.29. The van der Waals surface area contributed by atoms with E-state index >= 15 is 0 Å². The number of halogens is 1. The van der Waals surface area contributed by atoms with Gasteiger partial charge in [0.2, 0.25) is 0 Å². The molecule has 1 amide bonds. The van der Waals surface area contributed by atoms with Gasteiger partial charge in [-0.25, -0.2) is 4.39 Å². The van der Waals surface area contributed by atoms with E-state index in [1.807, 2.05) is 0 Å². The predicted octanol–water partition coefficient (Wildman–Crippen LogP) is 1.50. The highest BCUT2D eigenvalue weighted by molar-refractivity contribution is 5.94. The van der Waals surface area contributed by atoms with Gasteiger partial charge in [0.1, 0.15) is 5.82 Å². The molecule has 0 atom stereocenters. The Morgan fingerprint density at radius 2 is 1.94 bits per heavy atom. The monoisotopic (exact) mass is 240 g/mol. The van der Waals surface area contributed by atoms with Gasteiger partial charge in [-0.15, -0.1) is 0 Å². The second-order valence-electron chi connectivity index (χ2n) is 5.03. The third-order valence-corrected chi connectivity index (χ3v) is 2.92. The van der Waals surface area contributed by atoms with Crippen molar-refractivity contribution < 1.29 is 14.3 Å². The van der Waals surface area contributed by atoms with Crippen LogP contribution < -0.4 is 5.32 Å². The summed E-state index contributed by atoms with van der Waals surface area (Å²) in [6.07, 6.45) is 2.30. The van der Waals surface area contributed by atoms with E-state index in [0.717, 1.165) is 12.3 Å². The molecule has 0 spiro atoms. The van der Waals surface area contributed by atoms with Gasteiger partial charge in [-0.05, 0) is 33.8 Å². The van der Waals surface area contributed by atoms with E-state index in [2.05, 4.69) is 10.3 Å². The zero-order chi connectivity index (χ0) is 13.3. The number of nitrogens with zero attached hydrogens (tertiary/aromatic N) is 1. The van der Waals surface area contributed by atoms with Gasteiger partial charge in [0.25, 0.3) is 5.91 Å². The van der Waals surface area contributed by atoms with Crippen molar-refractivity contribution >= 4 is 5.91 Å². The number of nitrogens with one attached hydrogen (secondary N) is 1. The molecule has 1 heterocycles. The quantitative estimate of drug-likeness (QED) is 0.841. The zero-order valence-corrected chi connectivity index (χ0v) is 10.4. The summed E-state index contributed by atoms with van der Waals surface area (Å²) in [7, 11) is 0. The van der Waals surface area contributed by atoms with Gasteiger partial charge in [0.05, 0.1) is 22.9 Å². The average molecular weight is 240 g/mol. The number of amides is 1. The molecule has 0 saturated carbocycles. The van der Waals surface area contributed by atoms with Crippen LogP contribution in [0.3, 0.4) is 0 Å². The number of hydrogen-bond donors (Lipinski definition) is 2. The van der Waals surface area contributed by atoms with E-state index in [-0.39, 0.29) is 5.56 Å². The Morgan fingerprint density at radius 1 is 1.35 bits per heavy atom. The van der Waals surface area contributed by atoms with E-state index in [1.165, 1.54) is 6.20 Å². The smallest absolute Gasteiger partial charge is 0.253 e. The third kappa shape index (κ3) is 3.23. The summed E-state index contributed by atoms with van der Waals surface area (Å²) < 4.78 is 12.9. The number of aromatic nitrogens is 1. The lowest BCUT2D eigenvalue weighted by Gasteiger charge is -2.37. The zero-order valence-electron chi connectivity index (χ0n) is 10.4. The Kier molecular flexibility index (Phi) is 3.52. The number of hydrogen-bond acceptors (Lipinski definition) is 3.